The third-order valence-electron chi connectivity index (χ3n) is 4.96. The van der Waals surface area contributed by atoms with Gasteiger partial charge in [-0.15, -0.1) is 0 Å². The van der Waals surface area contributed by atoms with Crippen LogP contribution in [0.25, 0.3) is 0 Å². The summed E-state index contributed by atoms with van der Waals surface area (Å²) in [5.41, 5.74) is 5.69. The third-order valence-corrected chi connectivity index (χ3v) is 4.96. The summed E-state index contributed by atoms with van der Waals surface area (Å²) in [6.07, 6.45) is 11.2. The van der Waals surface area contributed by atoms with E-state index in [1.165, 1.54) is 25.7 Å². The van der Waals surface area contributed by atoms with E-state index in [9.17, 15) is 4.79 Å². The first-order chi connectivity index (χ1) is 8.64. The molecule has 0 heterocycles. The topological polar surface area (TPSA) is 55.1 Å². The van der Waals surface area contributed by atoms with E-state index in [-0.39, 0.29) is 5.91 Å². The molecule has 104 valence electrons. The smallest absolute Gasteiger partial charge is 0.240 e. The first-order valence-corrected chi connectivity index (χ1v) is 7.74. The second-order valence-electron chi connectivity index (χ2n) is 6.32. The van der Waals surface area contributed by atoms with Gasteiger partial charge < -0.3 is 11.1 Å². The number of nitrogens with one attached hydrogen (secondary N) is 1. The van der Waals surface area contributed by atoms with Crippen molar-refractivity contribution in [2.24, 2.45) is 11.7 Å². The van der Waals surface area contributed by atoms with Crippen LogP contribution in [0, 0.1) is 5.92 Å². The largest absolute Gasteiger partial charge is 0.352 e. The summed E-state index contributed by atoms with van der Waals surface area (Å²) < 4.78 is 0. The molecule has 2 rings (SSSR count). The van der Waals surface area contributed by atoms with Gasteiger partial charge in [0.1, 0.15) is 0 Å². The van der Waals surface area contributed by atoms with Gasteiger partial charge >= 0.3 is 0 Å². The maximum absolute atomic E-state index is 12.3. The van der Waals surface area contributed by atoms with Crippen LogP contribution in [0.15, 0.2) is 0 Å². The molecule has 3 heteroatoms. The number of amides is 1. The first-order valence-electron chi connectivity index (χ1n) is 7.74. The number of carbonyl (C=O) groups is 1. The molecule has 1 amide bonds. The van der Waals surface area contributed by atoms with Crippen LogP contribution in [-0.4, -0.2) is 17.5 Å². The molecule has 0 aliphatic heterocycles. The Hall–Kier alpha value is -0.570. The second-order valence-corrected chi connectivity index (χ2v) is 6.32. The molecule has 2 aliphatic rings. The van der Waals surface area contributed by atoms with Crippen molar-refractivity contribution in [2.75, 3.05) is 0 Å². The summed E-state index contributed by atoms with van der Waals surface area (Å²) in [6.45, 7) is 2.26. The predicted molar refractivity (Wildman–Crippen MR) is 74.2 cm³/mol. The van der Waals surface area contributed by atoms with Gasteiger partial charge in [-0.2, -0.15) is 0 Å². The molecule has 0 spiro atoms. The number of hydrogen-bond acceptors (Lipinski definition) is 2. The van der Waals surface area contributed by atoms with E-state index in [1.54, 1.807) is 0 Å². The Bertz CT molecular complexity index is 276. The fourth-order valence-corrected chi connectivity index (χ4v) is 3.45. The van der Waals surface area contributed by atoms with Crippen molar-refractivity contribution in [2.45, 2.75) is 82.7 Å². The van der Waals surface area contributed by atoms with E-state index < -0.39 is 5.54 Å². The molecule has 0 aromatic rings. The van der Waals surface area contributed by atoms with Gasteiger partial charge in [0.2, 0.25) is 5.91 Å². The van der Waals surface area contributed by atoms with Crippen molar-refractivity contribution in [3.8, 4) is 0 Å². The molecule has 0 saturated heterocycles. The van der Waals surface area contributed by atoms with Gasteiger partial charge in [0.05, 0.1) is 5.54 Å². The summed E-state index contributed by atoms with van der Waals surface area (Å²) in [4.78, 5) is 12.3. The SMILES string of the molecule is CCC1CCC(NC(=O)C2(N)CCCCC2)CC1. The van der Waals surface area contributed by atoms with Crippen LogP contribution in [0.1, 0.15) is 71.1 Å². The summed E-state index contributed by atoms with van der Waals surface area (Å²) in [5.74, 6) is 0.988. The highest BCUT2D eigenvalue weighted by molar-refractivity contribution is 5.86. The molecule has 0 atom stereocenters. The monoisotopic (exact) mass is 252 g/mol. The van der Waals surface area contributed by atoms with E-state index in [2.05, 4.69) is 12.2 Å². The zero-order chi connectivity index (χ0) is 13.0. The highest BCUT2D eigenvalue weighted by Gasteiger charge is 2.36. The molecule has 18 heavy (non-hydrogen) atoms. The van der Waals surface area contributed by atoms with E-state index >= 15 is 0 Å². The minimum Gasteiger partial charge on any atom is -0.352 e. The van der Waals surface area contributed by atoms with Crippen LogP contribution in [0.3, 0.4) is 0 Å². The Morgan fingerprint density at radius 2 is 1.78 bits per heavy atom. The molecule has 0 bridgehead atoms. The average Bonchev–Trinajstić information content (AvgIpc) is 2.40. The highest BCUT2D eigenvalue weighted by Crippen LogP contribution is 2.29. The van der Waals surface area contributed by atoms with Gasteiger partial charge in [-0.1, -0.05) is 32.6 Å². The standard InChI is InChI=1S/C15H28N2O/c1-2-12-6-8-13(9-7-12)17-14(18)15(16)10-4-3-5-11-15/h12-13H,2-11,16H2,1H3,(H,17,18). The Morgan fingerprint density at radius 3 is 2.33 bits per heavy atom. The van der Waals surface area contributed by atoms with Crippen molar-refractivity contribution < 1.29 is 4.79 Å². The molecule has 0 aromatic carbocycles. The first kappa shape index (κ1) is 13.9. The molecule has 3 N–H and O–H groups in total. The zero-order valence-electron chi connectivity index (χ0n) is 11.7. The lowest BCUT2D eigenvalue weighted by Crippen LogP contribution is -2.57. The Balaban J connectivity index is 1.80. The number of nitrogens with two attached hydrogens (primary N) is 1. The lowest BCUT2D eigenvalue weighted by molar-refractivity contribution is -0.128. The highest BCUT2D eigenvalue weighted by atomic mass is 16.2. The molecule has 2 saturated carbocycles. The minimum absolute atomic E-state index is 0.113. The molecule has 0 radical (unpaired) electrons. The molecule has 2 aliphatic carbocycles. The molecule has 3 nitrogen and oxygen atoms in total. The van der Waals surface area contributed by atoms with Crippen molar-refractivity contribution >= 4 is 5.91 Å². The van der Waals surface area contributed by atoms with Gasteiger partial charge in [-0.25, -0.2) is 0 Å². The summed E-state index contributed by atoms with van der Waals surface area (Å²) in [5, 5.41) is 3.21. The van der Waals surface area contributed by atoms with E-state index in [4.69, 9.17) is 5.73 Å². The van der Waals surface area contributed by atoms with Gasteiger partial charge in [0.25, 0.3) is 0 Å². The maximum atomic E-state index is 12.3. The number of hydrogen-bond donors (Lipinski definition) is 2. The lowest BCUT2D eigenvalue weighted by Gasteiger charge is -2.35. The van der Waals surface area contributed by atoms with Crippen molar-refractivity contribution in [3.05, 3.63) is 0 Å². The Morgan fingerprint density at radius 1 is 1.17 bits per heavy atom. The molecule has 2 fully saturated rings. The minimum atomic E-state index is -0.570. The van der Waals surface area contributed by atoms with Crippen LogP contribution in [0.2, 0.25) is 0 Å². The summed E-state index contributed by atoms with van der Waals surface area (Å²) in [7, 11) is 0. The Kier molecular flexibility index (Phi) is 4.66. The molecular formula is C15H28N2O. The summed E-state index contributed by atoms with van der Waals surface area (Å²) >= 11 is 0. The fourth-order valence-electron chi connectivity index (χ4n) is 3.45. The predicted octanol–water partition coefficient (Wildman–Crippen LogP) is 2.73. The Labute approximate surface area is 111 Å². The van der Waals surface area contributed by atoms with Crippen molar-refractivity contribution in [1.82, 2.24) is 5.32 Å². The van der Waals surface area contributed by atoms with Crippen LogP contribution < -0.4 is 11.1 Å². The van der Waals surface area contributed by atoms with Crippen molar-refractivity contribution in [3.63, 3.8) is 0 Å². The number of rotatable bonds is 3. The van der Waals surface area contributed by atoms with E-state index in [1.807, 2.05) is 0 Å². The zero-order valence-corrected chi connectivity index (χ0v) is 11.7. The van der Waals surface area contributed by atoms with Crippen LogP contribution in [0.4, 0.5) is 0 Å². The lowest BCUT2D eigenvalue weighted by atomic mass is 9.80. The van der Waals surface area contributed by atoms with Crippen LogP contribution >= 0.6 is 0 Å². The van der Waals surface area contributed by atoms with Crippen molar-refractivity contribution in [1.29, 1.82) is 0 Å². The molecular weight excluding hydrogens is 224 g/mol. The summed E-state index contributed by atoms with van der Waals surface area (Å²) in [6, 6.07) is 0.377. The fraction of sp³-hybridized carbons (Fsp3) is 0.933. The van der Waals surface area contributed by atoms with E-state index in [0.717, 1.165) is 44.4 Å². The van der Waals surface area contributed by atoms with Crippen LogP contribution in [-0.2, 0) is 4.79 Å². The molecule has 0 unspecified atom stereocenters. The van der Waals surface area contributed by atoms with Gasteiger partial charge in [0.15, 0.2) is 0 Å². The van der Waals surface area contributed by atoms with Crippen LogP contribution in [0.5, 0.6) is 0 Å². The van der Waals surface area contributed by atoms with E-state index in [0.29, 0.717) is 6.04 Å². The number of carbonyl (C=O) groups excluding carboxylic acids is 1. The van der Waals surface area contributed by atoms with Gasteiger partial charge in [-0.05, 0) is 44.4 Å². The second kappa shape index (κ2) is 6.05. The van der Waals surface area contributed by atoms with Gasteiger partial charge in [-0.3, -0.25) is 4.79 Å². The molecule has 0 aromatic heterocycles. The third kappa shape index (κ3) is 3.25. The van der Waals surface area contributed by atoms with Gasteiger partial charge in [0, 0.05) is 6.04 Å². The quantitative estimate of drug-likeness (QED) is 0.811. The maximum Gasteiger partial charge on any atom is 0.240 e. The normalized spacial score (nSPS) is 31.9. The average molecular weight is 252 g/mol.